The van der Waals surface area contributed by atoms with Crippen LogP contribution in [-0.2, 0) is 4.79 Å². The molecule has 1 aromatic heterocycles. The fraction of sp³-hybridized carbons (Fsp3) is 0.250. The van der Waals surface area contributed by atoms with Crippen LogP contribution in [0.5, 0.6) is 5.75 Å². The number of nitrogen functional groups attached to an aromatic ring is 1. The Morgan fingerprint density at radius 3 is 2.69 bits per heavy atom. The van der Waals surface area contributed by atoms with Crippen LogP contribution in [0.2, 0.25) is 0 Å². The van der Waals surface area contributed by atoms with Gasteiger partial charge in [-0.2, -0.15) is 0 Å². The summed E-state index contributed by atoms with van der Waals surface area (Å²) >= 11 is 0. The van der Waals surface area contributed by atoms with Gasteiger partial charge in [0.1, 0.15) is 11.6 Å². The summed E-state index contributed by atoms with van der Waals surface area (Å²) in [7, 11) is 0. The monoisotopic (exact) mass is 432 g/mol. The zero-order chi connectivity index (χ0) is 23.3. The van der Waals surface area contributed by atoms with Crippen molar-refractivity contribution >= 4 is 29.3 Å². The first kappa shape index (κ1) is 22.7. The standard InChI is InChI=1S/C24H28N6O2/c1-14(2)27-22(31)13-32-20-7-5-6-17(11-20)24-28-16(4)15(3)23(30-24)29-19-8-9-21(26)18(10-19)12-25/h5-12,14,25H,13,26H2,1-4H3,(H,27,31)(H,28,29,30). The number of carbonyl (C=O) groups is 1. The van der Waals surface area contributed by atoms with Crippen LogP contribution in [0.4, 0.5) is 17.2 Å². The quantitative estimate of drug-likeness (QED) is 0.315. The highest BCUT2D eigenvalue weighted by molar-refractivity contribution is 5.87. The number of nitrogens with two attached hydrogens (primary N) is 1. The predicted octanol–water partition coefficient (Wildman–Crippen LogP) is 3.99. The van der Waals surface area contributed by atoms with Gasteiger partial charge in [0.2, 0.25) is 0 Å². The number of hydrogen-bond acceptors (Lipinski definition) is 7. The highest BCUT2D eigenvalue weighted by Crippen LogP contribution is 2.27. The van der Waals surface area contributed by atoms with Crippen molar-refractivity contribution in [3.8, 4) is 17.1 Å². The summed E-state index contributed by atoms with van der Waals surface area (Å²) in [6, 6.07) is 12.8. The van der Waals surface area contributed by atoms with E-state index in [2.05, 4.69) is 15.6 Å². The fourth-order valence-corrected chi connectivity index (χ4v) is 3.03. The predicted molar refractivity (Wildman–Crippen MR) is 128 cm³/mol. The SMILES string of the molecule is Cc1nc(-c2cccc(OCC(=O)NC(C)C)c2)nc(Nc2ccc(N)c(C=N)c2)c1C. The molecule has 32 heavy (non-hydrogen) atoms. The molecule has 0 saturated heterocycles. The molecule has 0 fully saturated rings. The van der Waals surface area contributed by atoms with E-state index in [1.165, 1.54) is 6.21 Å². The van der Waals surface area contributed by atoms with E-state index in [-0.39, 0.29) is 18.6 Å². The summed E-state index contributed by atoms with van der Waals surface area (Å²) in [4.78, 5) is 21.2. The van der Waals surface area contributed by atoms with Crippen molar-refractivity contribution in [2.24, 2.45) is 0 Å². The normalized spacial score (nSPS) is 10.7. The minimum Gasteiger partial charge on any atom is -0.484 e. The molecule has 0 radical (unpaired) electrons. The van der Waals surface area contributed by atoms with Gasteiger partial charge in [0, 0.05) is 46.0 Å². The molecule has 0 aliphatic carbocycles. The minimum absolute atomic E-state index is 0.0587. The van der Waals surface area contributed by atoms with Crippen LogP contribution in [0.1, 0.15) is 30.7 Å². The molecule has 0 spiro atoms. The number of rotatable bonds is 8. The van der Waals surface area contributed by atoms with Gasteiger partial charge in [-0.05, 0) is 58.0 Å². The maximum atomic E-state index is 11.9. The van der Waals surface area contributed by atoms with Crippen molar-refractivity contribution in [3.05, 3.63) is 59.3 Å². The van der Waals surface area contributed by atoms with Gasteiger partial charge in [0.25, 0.3) is 5.91 Å². The Hall–Kier alpha value is -3.94. The molecule has 8 nitrogen and oxygen atoms in total. The van der Waals surface area contributed by atoms with Gasteiger partial charge in [-0.25, -0.2) is 9.97 Å². The summed E-state index contributed by atoms with van der Waals surface area (Å²) in [6.45, 7) is 7.61. The van der Waals surface area contributed by atoms with Crippen LogP contribution in [0.25, 0.3) is 11.4 Å². The molecule has 0 aliphatic heterocycles. The highest BCUT2D eigenvalue weighted by Gasteiger charge is 2.12. The second-order valence-electron chi connectivity index (χ2n) is 7.76. The summed E-state index contributed by atoms with van der Waals surface area (Å²) in [5.41, 5.74) is 10.4. The highest BCUT2D eigenvalue weighted by atomic mass is 16.5. The number of benzene rings is 2. The molecule has 0 atom stereocenters. The Balaban J connectivity index is 1.85. The lowest BCUT2D eigenvalue weighted by atomic mass is 10.1. The molecule has 3 rings (SSSR count). The summed E-state index contributed by atoms with van der Waals surface area (Å²) in [6.07, 6.45) is 1.22. The van der Waals surface area contributed by atoms with E-state index in [4.69, 9.17) is 20.9 Å². The molecule has 1 amide bonds. The molecule has 0 saturated carbocycles. The van der Waals surface area contributed by atoms with Crippen molar-refractivity contribution < 1.29 is 9.53 Å². The van der Waals surface area contributed by atoms with E-state index in [1.807, 2.05) is 52.0 Å². The van der Waals surface area contributed by atoms with Gasteiger partial charge in [0.15, 0.2) is 12.4 Å². The van der Waals surface area contributed by atoms with Gasteiger partial charge in [0.05, 0.1) is 0 Å². The second kappa shape index (κ2) is 9.91. The first-order valence-electron chi connectivity index (χ1n) is 10.3. The van der Waals surface area contributed by atoms with Gasteiger partial charge in [-0.3, -0.25) is 4.79 Å². The average Bonchev–Trinajstić information content (AvgIpc) is 2.76. The largest absolute Gasteiger partial charge is 0.484 e. The first-order valence-corrected chi connectivity index (χ1v) is 10.3. The number of amides is 1. The van der Waals surface area contributed by atoms with Crippen LogP contribution in [0.15, 0.2) is 42.5 Å². The Labute approximate surface area is 187 Å². The van der Waals surface area contributed by atoms with E-state index in [1.54, 1.807) is 18.2 Å². The molecular formula is C24H28N6O2. The molecule has 1 heterocycles. The number of hydrogen-bond donors (Lipinski definition) is 4. The van der Waals surface area contributed by atoms with Gasteiger partial charge in [-0.1, -0.05) is 12.1 Å². The van der Waals surface area contributed by atoms with Crippen LogP contribution in [0, 0.1) is 19.3 Å². The van der Waals surface area contributed by atoms with Crippen molar-refractivity contribution in [3.63, 3.8) is 0 Å². The lowest BCUT2D eigenvalue weighted by Gasteiger charge is -2.14. The Kier molecular flexibility index (Phi) is 7.04. The van der Waals surface area contributed by atoms with Gasteiger partial charge < -0.3 is 26.5 Å². The van der Waals surface area contributed by atoms with Crippen LogP contribution in [0.3, 0.4) is 0 Å². The third-order valence-corrected chi connectivity index (χ3v) is 4.81. The van der Waals surface area contributed by atoms with Crippen LogP contribution < -0.4 is 21.1 Å². The Morgan fingerprint density at radius 2 is 1.97 bits per heavy atom. The average molecular weight is 433 g/mol. The van der Waals surface area contributed by atoms with Crippen molar-refractivity contribution in [1.82, 2.24) is 15.3 Å². The van der Waals surface area contributed by atoms with E-state index in [0.29, 0.717) is 28.6 Å². The number of aryl methyl sites for hydroxylation is 1. The number of nitrogens with one attached hydrogen (secondary N) is 3. The smallest absolute Gasteiger partial charge is 0.258 e. The third kappa shape index (κ3) is 5.60. The third-order valence-electron chi connectivity index (χ3n) is 4.81. The number of nitrogens with zero attached hydrogens (tertiary/aromatic N) is 2. The fourth-order valence-electron chi connectivity index (χ4n) is 3.03. The molecule has 2 aromatic carbocycles. The molecule has 166 valence electrons. The second-order valence-corrected chi connectivity index (χ2v) is 7.76. The van der Waals surface area contributed by atoms with E-state index < -0.39 is 0 Å². The minimum atomic E-state index is -0.174. The van der Waals surface area contributed by atoms with Crippen molar-refractivity contribution in [2.75, 3.05) is 17.7 Å². The maximum Gasteiger partial charge on any atom is 0.258 e. The van der Waals surface area contributed by atoms with Crippen molar-refractivity contribution in [2.45, 2.75) is 33.7 Å². The lowest BCUT2D eigenvalue weighted by Crippen LogP contribution is -2.34. The topological polar surface area (TPSA) is 126 Å². The Morgan fingerprint density at radius 1 is 1.19 bits per heavy atom. The molecular weight excluding hydrogens is 404 g/mol. The zero-order valence-corrected chi connectivity index (χ0v) is 18.7. The number of aromatic nitrogens is 2. The van der Waals surface area contributed by atoms with E-state index >= 15 is 0 Å². The van der Waals surface area contributed by atoms with Gasteiger partial charge >= 0.3 is 0 Å². The number of carbonyl (C=O) groups excluding carboxylic acids is 1. The summed E-state index contributed by atoms with van der Waals surface area (Å²) in [5, 5.41) is 13.6. The van der Waals surface area contributed by atoms with Crippen molar-refractivity contribution in [1.29, 1.82) is 5.41 Å². The maximum absolute atomic E-state index is 11.9. The summed E-state index contributed by atoms with van der Waals surface area (Å²) in [5.74, 6) is 1.59. The molecule has 5 N–H and O–H groups in total. The number of ether oxygens (including phenoxy) is 1. The van der Waals surface area contributed by atoms with E-state index in [0.717, 1.165) is 22.5 Å². The first-order chi connectivity index (χ1) is 15.3. The molecule has 0 unspecified atom stereocenters. The lowest BCUT2D eigenvalue weighted by molar-refractivity contribution is -0.123. The Bertz CT molecular complexity index is 1140. The van der Waals surface area contributed by atoms with Crippen LogP contribution >= 0.6 is 0 Å². The zero-order valence-electron chi connectivity index (χ0n) is 18.7. The molecule has 3 aromatic rings. The van der Waals surface area contributed by atoms with E-state index in [9.17, 15) is 4.79 Å². The summed E-state index contributed by atoms with van der Waals surface area (Å²) < 4.78 is 5.63. The van der Waals surface area contributed by atoms with Crippen LogP contribution in [-0.4, -0.2) is 34.7 Å². The number of anilines is 3. The molecule has 0 aliphatic rings. The molecule has 8 heteroatoms. The van der Waals surface area contributed by atoms with Gasteiger partial charge in [-0.15, -0.1) is 0 Å². The molecule has 0 bridgehead atoms.